The van der Waals surface area contributed by atoms with E-state index in [1.807, 2.05) is 0 Å². The smallest absolute Gasteiger partial charge is 0.355 e. The SMILES string of the molecule is O=C(Nc1ccc(N2CCCN(Cc3ccc(C(F)(F)F)cc3)CC2)nc1)c1ccc(F)cc1F. The maximum Gasteiger partial charge on any atom is 0.416 e. The van der Waals surface area contributed by atoms with Crippen LogP contribution < -0.4 is 10.2 Å². The van der Waals surface area contributed by atoms with Crippen LogP contribution in [0.5, 0.6) is 0 Å². The van der Waals surface area contributed by atoms with Crippen molar-refractivity contribution in [2.24, 2.45) is 0 Å². The number of nitrogens with one attached hydrogen (secondary N) is 1. The average molecular weight is 490 g/mol. The molecule has 1 fully saturated rings. The van der Waals surface area contributed by atoms with Crippen LogP contribution in [0.2, 0.25) is 0 Å². The fourth-order valence-corrected chi connectivity index (χ4v) is 3.93. The number of alkyl halides is 3. The Labute approximate surface area is 199 Å². The highest BCUT2D eigenvalue weighted by atomic mass is 19.4. The van der Waals surface area contributed by atoms with Gasteiger partial charge in [0.1, 0.15) is 17.5 Å². The van der Waals surface area contributed by atoms with Gasteiger partial charge in [0.15, 0.2) is 0 Å². The molecule has 2 heterocycles. The van der Waals surface area contributed by atoms with Gasteiger partial charge in [-0.3, -0.25) is 9.69 Å². The van der Waals surface area contributed by atoms with Crippen molar-refractivity contribution in [3.63, 3.8) is 0 Å². The summed E-state index contributed by atoms with van der Waals surface area (Å²) in [4.78, 5) is 20.9. The number of carbonyl (C=O) groups is 1. The monoisotopic (exact) mass is 490 g/mol. The van der Waals surface area contributed by atoms with E-state index in [1.54, 1.807) is 12.1 Å². The second-order valence-electron chi connectivity index (χ2n) is 8.29. The highest BCUT2D eigenvalue weighted by molar-refractivity contribution is 6.04. The summed E-state index contributed by atoms with van der Waals surface area (Å²) < 4.78 is 65.1. The first-order chi connectivity index (χ1) is 16.7. The predicted molar refractivity (Wildman–Crippen MR) is 122 cm³/mol. The Hall–Kier alpha value is -3.53. The zero-order valence-corrected chi connectivity index (χ0v) is 18.7. The minimum Gasteiger partial charge on any atom is -0.355 e. The normalized spacial score (nSPS) is 15.1. The van der Waals surface area contributed by atoms with Crippen LogP contribution in [0.4, 0.5) is 33.5 Å². The van der Waals surface area contributed by atoms with E-state index in [0.29, 0.717) is 37.2 Å². The minimum atomic E-state index is -4.34. The van der Waals surface area contributed by atoms with E-state index in [2.05, 4.69) is 20.1 Å². The second kappa shape index (κ2) is 10.4. The highest BCUT2D eigenvalue weighted by Crippen LogP contribution is 2.29. The summed E-state index contributed by atoms with van der Waals surface area (Å²) in [6, 6.07) is 11.4. The molecule has 0 radical (unpaired) electrons. The van der Waals surface area contributed by atoms with Crippen molar-refractivity contribution in [3.8, 4) is 0 Å². The molecule has 0 saturated carbocycles. The molecule has 35 heavy (non-hydrogen) atoms. The molecule has 5 nitrogen and oxygen atoms in total. The molecule has 1 N–H and O–H groups in total. The molecular weight excluding hydrogens is 467 g/mol. The van der Waals surface area contributed by atoms with Gasteiger partial charge in [-0.1, -0.05) is 12.1 Å². The fourth-order valence-electron chi connectivity index (χ4n) is 3.93. The number of hydrogen-bond donors (Lipinski definition) is 1. The van der Waals surface area contributed by atoms with Crippen molar-refractivity contribution in [1.29, 1.82) is 0 Å². The van der Waals surface area contributed by atoms with Crippen LogP contribution in [0.25, 0.3) is 0 Å². The molecule has 10 heteroatoms. The molecule has 1 aliphatic rings. The van der Waals surface area contributed by atoms with Crippen molar-refractivity contribution >= 4 is 17.4 Å². The van der Waals surface area contributed by atoms with E-state index < -0.39 is 29.3 Å². The number of halogens is 5. The molecule has 1 aromatic heterocycles. The molecule has 1 saturated heterocycles. The number of pyridine rings is 1. The zero-order chi connectivity index (χ0) is 25.0. The summed E-state index contributed by atoms with van der Waals surface area (Å²) in [7, 11) is 0. The Morgan fingerprint density at radius 3 is 2.37 bits per heavy atom. The molecule has 2 aromatic carbocycles. The van der Waals surface area contributed by atoms with Crippen molar-refractivity contribution < 1.29 is 26.7 Å². The van der Waals surface area contributed by atoms with Crippen LogP contribution in [0.15, 0.2) is 60.8 Å². The molecule has 4 rings (SSSR count). The van der Waals surface area contributed by atoms with Gasteiger partial charge in [-0.25, -0.2) is 13.8 Å². The van der Waals surface area contributed by atoms with Crippen molar-refractivity contribution in [3.05, 3.63) is 89.1 Å². The largest absolute Gasteiger partial charge is 0.416 e. The van der Waals surface area contributed by atoms with E-state index >= 15 is 0 Å². The number of anilines is 2. The Bertz CT molecular complexity index is 1170. The quantitative estimate of drug-likeness (QED) is 0.491. The van der Waals surface area contributed by atoms with Crippen LogP contribution in [0.3, 0.4) is 0 Å². The standard InChI is InChI=1S/C25H23F5N4O/c26-19-6-8-21(22(27)14-19)24(35)32-20-7-9-23(31-15-20)34-11-1-10-33(12-13-34)16-17-2-4-18(5-3-17)25(28,29)30/h2-9,14-15H,1,10-13,16H2,(H,32,35). The molecule has 0 spiro atoms. The number of nitrogens with zero attached hydrogens (tertiary/aromatic N) is 3. The summed E-state index contributed by atoms with van der Waals surface area (Å²) in [6.45, 7) is 3.51. The van der Waals surface area contributed by atoms with Crippen LogP contribution in [-0.2, 0) is 12.7 Å². The lowest BCUT2D eigenvalue weighted by molar-refractivity contribution is -0.137. The fraction of sp³-hybridized carbons (Fsp3) is 0.280. The Balaban J connectivity index is 1.32. The van der Waals surface area contributed by atoms with Gasteiger partial charge in [0.05, 0.1) is 23.0 Å². The first-order valence-corrected chi connectivity index (χ1v) is 11.0. The molecule has 1 amide bonds. The molecule has 3 aromatic rings. The molecule has 0 aliphatic carbocycles. The van der Waals surface area contributed by atoms with E-state index in [-0.39, 0.29) is 5.56 Å². The average Bonchev–Trinajstić information content (AvgIpc) is 3.05. The maximum absolute atomic E-state index is 13.8. The van der Waals surface area contributed by atoms with Gasteiger partial charge < -0.3 is 10.2 Å². The maximum atomic E-state index is 13.8. The zero-order valence-electron chi connectivity index (χ0n) is 18.7. The van der Waals surface area contributed by atoms with Crippen molar-refractivity contribution in [2.45, 2.75) is 19.1 Å². The molecule has 184 valence electrons. The first kappa shape index (κ1) is 24.6. The highest BCUT2D eigenvalue weighted by Gasteiger charge is 2.30. The number of carbonyl (C=O) groups excluding carboxylic acids is 1. The number of amides is 1. The van der Waals surface area contributed by atoms with Crippen molar-refractivity contribution in [2.75, 3.05) is 36.4 Å². The topological polar surface area (TPSA) is 48.5 Å². The lowest BCUT2D eigenvalue weighted by Crippen LogP contribution is -2.31. The Morgan fingerprint density at radius 1 is 0.943 bits per heavy atom. The third-order valence-corrected chi connectivity index (χ3v) is 5.78. The van der Waals surface area contributed by atoms with Crippen LogP contribution >= 0.6 is 0 Å². The lowest BCUT2D eigenvalue weighted by atomic mass is 10.1. The van der Waals surface area contributed by atoms with Gasteiger partial charge in [0.2, 0.25) is 0 Å². The van der Waals surface area contributed by atoms with Gasteiger partial charge in [-0.2, -0.15) is 13.2 Å². The van der Waals surface area contributed by atoms with E-state index in [4.69, 9.17) is 0 Å². The Morgan fingerprint density at radius 2 is 1.71 bits per heavy atom. The summed E-state index contributed by atoms with van der Waals surface area (Å²) >= 11 is 0. The van der Waals surface area contributed by atoms with E-state index in [9.17, 15) is 26.7 Å². The summed E-state index contributed by atoms with van der Waals surface area (Å²) in [6.07, 6.45) is -2.02. The summed E-state index contributed by atoms with van der Waals surface area (Å²) in [5.41, 5.74) is 0.274. The summed E-state index contributed by atoms with van der Waals surface area (Å²) in [5.74, 6) is -1.70. The van der Waals surface area contributed by atoms with Gasteiger partial charge in [0, 0.05) is 38.8 Å². The van der Waals surface area contributed by atoms with E-state index in [0.717, 1.165) is 49.3 Å². The van der Waals surface area contributed by atoms with Crippen LogP contribution in [0.1, 0.15) is 27.9 Å². The third kappa shape index (κ3) is 6.33. The lowest BCUT2D eigenvalue weighted by Gasteiger charge is -2.23. The number of hydrogen-bond acceptors (Lipinski definition) is 4. The van der Waals surface area contributed by atoms with Gasteiger partial charge in [0.25, 0.3) is 5.91 Å². The third-order valence-electron chi connectivity index (χ3n) is 5.78. The molecule has 0 bridgehead atoms. The predicted octanol–water partition coefficient (Wildman–Crippen LogP) is 5.34. The number of benzene rings is 2. The first-order valence-electron chi connectivity index (χ1n) is 11.0. The number of rotatable bonds is 5. The second-order valence-corrected chi connectivity index (χ2v) is 8.29. The van der Waals surface area contributed by atoms with Crippen LogP contribution in [-0.4, -0.2) is 42.0 Å². The molecule has 1 aliphatic heterocycles. The van der Waals surface area contributed by atoms with Crippen molar-refractivity contribution in [1.82, 2.24) is 9.88 Å². The molecular formula is C25H23F5N4O. The van der Waals surface area contributed by atoms with Gasteiger partial charge >= 0.3 is 6.18 Å². The summed E-state index contributed by atoms with van der Waals surface area (Å²) in [5, 5.41) is 2.55. The molecule has 0 unspecified atom stereocenters. The minimum absolute atomic E-state index is 0.267. The Kier molecular flexibility index (Phi) is 7.30. The number of aromatic nitrogens is 1. The molecule has 0 atom stereocenters. The van der Waals surface area contributed by atoms with Gasteiger partial charge in [-0.15, -0.1) is 0 Å². The van der Waals surface area contributed by atoms with E-state index in [1.165, 1.54) is 18.3 Å². The van der Waals surface area contributed by atoms with Crippen LogP contribution in [0, 0.1) is 11.6 Å². The van der Waals surface area contributed by atoms with Gasteiger partial charge in [-0.05, 0) is 48.4 Å².